The quantitative estimate of drug-likeness (QED) is 0.899. The van der Waals surface area contributed by atoms with E-state index in [0.29, 0.717) is 5.56 Å². The molecule has 1 aromatic rings. The van der Waals surface area contributed by atoms with Gasteiger partial charge in [0.1, 0.15) is 5.82 Å². The summed E-state index contributed by atoms with van der Waals surface area (Å²) in [7, 11) is 0. The summed E-state index contributed by atoms with van der Waals surface area (Å²) in [6.45, 7) is 6.12. The number of ether oxygens (including phenoxy) is 1. The van der Waals surface area contributed by atoms with Crippen molar-refractivity contribution in [1.82, 2.24) is 0 Å². The molecule has 0 spiro atoms. The Morgan fingerprint density at radius 3 is 3.00 bits per heavy atom. The number of hydrogen-bond acceptors (Lipinski definition) is 3. The Kier molecular flexibility index (Phi) is 5.38. The summed E-state index contributed by atoms with van der Waals surface area (Å²) in [5.74, 6) is -0.339. The van der Waals surface area contributed by atoms with Gasteiger partial charge in [-0.3, -0.25) is 0 Å². The molecule has 3 nitrogen and oxygen atoms in total. The van der Waals surface area contributed by atoms with Crippen molar-refractivity contribution in [1.29, 1.82) is 0 Å². The van der Waals surface area contributed by atoms with E-state index in [4.69, 9.17) is 4.74 Å². The fourth-order valence-corrected chi connectivity index (χ4v) is 2.79. The molecule has 1 aliphatic rings. The number of nitrogens with zero attached hydrogens (tertiary/aromatic N) is 1. The molecule has 2 atom stereocenters. The lowest BCUT2D eigenvalue weighted by Gasteiger charge is -2.35. The molecule has 112 valence electrons. The lowest BCUT2D eigenvalue weighted by Crippen LogP contribution is -2.40. The van der Waals surface area contributed by atoms with Gasteiger partial charge in [0.25, 0.3) is 0 Å². The van der Waals surface area contributed by atoms with Crippen LogP contribution in [-0.2, 0) is 4.74 Å². The number of halogens is 1. The van der Waals surface area contributed by atoms with Gasteiger partial charge in [0.05, 0.1) is 12.2 Å². The molecule has 1 heterocycles. The Morgan fingerprint density at radius 1 is 1.50 bits per heavy atom. The van der Waals surface area contributed by atoms with Crippen LogP contribution in [0.2, 0.25) is 0 Å². The summed E-state index contributed by atoms with van der Waals surface area (Å²) in [5, 5.41) is 9.83. The van der Waals surface area contributed by atoms with Crippen molar-refractivity contribution in [2.24, 2.45) is 0 Å². The number of rotatable bonds is 5. The fraction of sp³-hybridized carbons (Fsp3) is 0.625. The zero-order chi connectivity index (χ0) is 14.5. The molecule has 0 radical (unpaired) electrons. The van der Waals surface area contributed by atoms with Gasteiger partial charge < -0.3 is 14.7 Å². The SMILES string of the molecule is CCCOC1CCCN(c2cccc(F)c2[C@H](C)O)C1. The smallest absolute Gasteiger partial charge is 0.131 e. The number of aliphatic hydroxyl groups is 1. The minimum absolute atomic E-state index is 0.203. The Hall–Kier alpha value is -1.13. The topological polar surface area (TPSA) is 32.7 Å². The maximum atomic E-state index is 13.9. The second-order valence-corrected chi connectivity index (χ2v) is 5.43. The highest BCUT2D eigenvalue weighted by atomic mass is 19.1. The number of aliphatic hydroxyl groups excluding tert-OH is 1. The maximum Gasteiger partial charge on any atom is 0.131 e. The van der Waals surface area contributed by atoms with E-state index < -0.39 is 6.10 Å². The van der Waals surface area contributed by atoms with Crippen LogP contribution in [0.3, 0.4) is 0 Å². The van der Waals surface area contributed by atoms with Crippen molar-refractivity contribution < 1.29 is 14.2 Å². The molecular formula is C16H24FNO2. The predicted octanol–water partition coefficient (Wildman–Crippen LogP) is 3.27. The molecule has 0 bridgehead atoms. The molecule has 4 heteroatoms. The first kappa shape index (κ1) is 15.3. The average Bonchev–Trinajstić information content (AvgIpc) is 2.44. The van der Waals surface area contributed by atoms with Crippen LogP contribution in [0.4, 0.5) is 10.1 Å². The molecule has 0 aliphatic carbocycles. The molecule has 1 saturated heterocycles. The molecule has 1 fully saturated rings. The van der Waals surface area contributed by atoms with Gasteiger partial charge in [-0.1, -0.05) is 13.0 Å². The standard InChI is InChI=1S/C16H24FNO2/c1-3-10-20-13-6-5-9-18(11-13)15-8-4-7-14(17)16(15)12(2)19/h4,7-8,12-13,19H,3,5-6,9-11H2,1-2H3/t12-,13?/m0/s1. The van der Waals surface area contributed by atoms with Gasteiger partial charge in [-0.2, -0.15) is 0 Å². The van der Waals surface area contributed by atoms with Gasteiger partial charge in [-0.25, -0.2) is 4.39 Å². The monoisotopic (exact) mass is 281 g/mol. The van der Waals surface area contributed by atoms with Crippen LogP contribution in [-0.4, -0.2) is 30.9 Å². The average molecular weight is 281 g/mol. The number of hydrogen-bond donors (Lipinski definition) is 1. The minimum Gasteiger partial charge on any atom is -0.389 e. The van der Waals surface area contributed by atoms with Gasteiger partial charge in [0.15, 0.2) is 0 Å². The third kappa shape index (κ3) is 3.49. The largest absolute Gasteiger partial charge is 0.389 e. The minimum atomic E-state index is -0.803. The maximum absolute atomic E-state index is 13.9. The lowest BCUT2D eigenvalue weighted by atomic mass is 10.0. The zero-order valence-electron chi connectivity index (χ0n) is 12.3. The van der Waals surface area contributed by atoms with Gasteiger partial charge >= 0.3 is 0 Å². The third-order valence-electron chi connectivity index (χ3n) is 3.72. The fourth-order valence-electron chi connectivity index (χ4n) is 2.79. The van der Waals surface area contributed by atoms with Gasteiger partial charge in [-0.05, 0) is 38.3 Å². The van der Waals surface area contributed by atoms with Crippen molar-refractivity contribution in [3.05, 3.63) is 29.6 Å². The first-order chi connectivity index (χ1) is 9.63. The van der Waals surface area contributed by atoms with Gasteiger partial charge in [0.2, 0.25) is 0 Å². The summed E-state index contributed by atoms with van der Waals surface area (Å²) in [5.41, 5.74) is 1.19. The van der Waals surface area contributed by atoms with Crippen LogP contribution >= 0.6 is 0 Å². The van der Waals surface area contributed by atoms with Crippen LogP contribution in [0.5, 0.6) is 0 Å². The molecule has 1 aromatic carbocycles. The van der Waals surface area contributed by atoms with Gasteiger partial charge in [-0.15, -0.1) is 0 Å². The molecule has 1 unspecified atom stereocenters. The van der Waals surface area contributed by atoms with Crippen molar-refractivity contribution in [2.45, 2.75) is 45.3 Å². The van der Waals surface area contributed by atoms with E-state index in [0.717, 1.165) is 44.6 Å². The van der Waals surface area contributed by atoms with Crippen molar-refractivity contribution in [3.8, 4) is 0 Å². The highest BCUT2D eigenvalue weighted by Gasteiger charge is 2.24. The highest BCUT2D eigenvalue weighted by molar-refractivity contribution is 5.55. The normalized spacial score (nSPS) is 21.0. The lowest BCUT2D eigenvalue weighted by molar-refractivity contribution is 0.0439. The Bertz CT molecular complexity index is 436. The third-order valence-corrected chi connectivity index (χ3v) is 3.72. The number of piperidine rings is 1. The van der Waals surface area contributed by atoms with Crippen LogP contribution in [0, 0.1) is 5.82 Å². The molecule has 0 amide bonds. The van der Waals surface area contributed by atoms with Crippen molar-refractivity contribution >= 4 is 5.69 Å². The Balaban J connectivity index is 2.16. The van der Waals surface area contributed by atoms with E-state index in [-0.39, 0.29) is 11.9 Å². The van der Waals surface area contributed by atoms with Crippen LogP contribution < -0.4 is 4.90 Å². The Labute approximate surface area is 120 Å². The van der Waals surface area contributed by atoms with Crippen molar-refractivity contribution in [2.75, 3.05) is 24.6 Å². The van der Waals surface area contributed by atoms with E-state index in [1.165, 1.54) is 6.07 Å². The molecule has 1 aliphatic heterocycles. The summed E-state index contributed by atoms with van der Waals surface area (Å²) >= 11 is 0. The summed E-state index contributed by atoms with van der Waals surface area (Å²) in [6.07, 6.45) is 2.49. The predicted molar refractivity (Wildman–Crippen MR) is 78.5 cm³/mol. The highest BCUT2D eigenvalue weighted by Crippen LogP contribution is 2.31. The van der Waals surface area contributed by atoms with E-state index in [9.17, 15) is 9.50 Å². The van der Waals surface area contributed by atoms with Gasteiger partial charge in [0, 0.05) is 30.9 Å². The van der Waals surface area contributed by atoms with E-state index >= 15 is 0 Å². The van der Waals surface area contributed by atoms with E-state index in [2.05, 4.69) is 11.8 Å². The molecule has 2 rings (SSSR count). The molecular weight excluding hydrogens is 257 g/mol. The first-order valence-corrected chi connectivity index (χ1v) is 7.46. The summed E-state index contributed by atoms with van der Waals surface area (Å²) in [6, 6.07) is 4.99. The molecule has 20 heavy (non-hydrogen) atoms. The van der Waals surface area contributed by atoms with Crippen molar-refractivity contribution in [3.63, 3.8) is 0 Å². The summed E-state index contributed by atoms with van der Waals surface area (Å²) < 4.78 is 19.8. The zero-order valence-corrected chi connectivity index (χ0v) is 12.3. The molecule has 0 saturated carbocycles. The van der Waals surface area contributed by atoms with Crippen LogP contribution in [0.15, 0.2) is 18.2 Å². The van der Waals surface area contributed by atoms with Crippen LogP contribution in [0.1, 0.15) is 44.8 Å². The van der Waals surface area contributed by atoms with E-state index in [1.54, 1.807) is 13.0 Å². The number of anilines is 1. The van der Waals surface area contributed by atoms with Crippen LogP contribution in [0.25, 0.3) is 0 Å². The number of benzene rings is 1. The van der Waals surface area contributed by atoms with E-state index in [1.807, 2.05) is 6.07 Å². The first-order valence-electron chi connectivity index (χ1n) is 7.46. The second kappa shape index (κ2) is 7.04. The summed E-state index contributed by atoms with van der Waals surface area (Å²) in [4.78, 5) is 2.13. The molecule has 1 N–H and O–H groups in total. The second-order valence-electron chi connectivity index (χ2n) is 5.43. The molecule has 0 aromatic heterocycles. The Morgan fingerprint density at radius 2 is 2.30 bits per heavy atom.